The van der Waals surface area contributed by atoms with Gasteiger partial charge in [0.25, 0.3) is 0 Å². The van der Waals surface area contributed by atoms with Crippen LogP contribution in [0.15, 0.2) is 39.9 Å². The minimum atomic E-state index is -0.557. The molecular formula is C12H10N4O3S. The Hall–Kier alpha value is -2.48. The van der Waals surface area contributed by atoms with Crippen molar-refractivity contribution in [3.63, 3.8) is 0 Å². The lowest BCUT2D eigenvalue weighted by molar-refractivity contribution is -0.402. The van der Waals surface area contributed by atoms with E-state index in [0.29, 0.717) is 22.4 Å². The zero-order valence-electron chi connectivity index (χ0n) is 10.2. The zero-order valence-corrected chi connectivity index (χ0v) is 11.0. The van der Waals surface area contributed by atoms with Crippen LogP contribution in [0.25, 0.3) is 11.0 Å². The molecule has 7 nitrogen and oxygen atoms in total. The summed E-state index contributed by atoms with van der Waals surface area (Å²) in [7, 11) is 0. The van der Waals surface area contributed by atoms with E-state index in [2.05, 4.69) is 9.97 Å². The van der Waals surface area contributed by atoms with Crippen LogP contribution >= 0.6 is 11.8 Å². The molecule has 0 unspecified atom stereocenters. The number of nitrogens with one attached hydrogen (secondary N) is 1. The number of aromatic nitrogens is 2. The summed E-state index contributed by atoms with van der Waals surface area (Å²) in [5, 5.41) is 11.2. The maximum absolute atomic E-state index is 10.5. The standard InChI is InChI=1S/C12H10N4O3S/c13-7-1-3-9-10(5-7)15-12(14-9)20-6-8-2-4-11(19-8)16(17)18/h1-5H,6,13H2,(H,14,15). The van der Waals surface area contributed by atoms with Crippen molar-refractivity contribution in [3.05, 3.63) is 46.2 Å². The molecule has 0 aliphatic carbocycles. The van der Waals surface area contributed by atoms with Crippen LogP contribution in [0.4, 0.5) is 11.6 Å². The van der Waals surface area contributed by atoms with Gasteiger partial charge in [-0.2, -0.15) is 0 Å². The second kappa shape index (κ2) is 4.89. The molecule has 102 valence electrons. The minimum Gasteiger partial charge on any atom is -0.405 e. The van der Waals surface area contributed by atoms with Crippen molar-refractivity contribution in [3.8, 4) is 0 Å². The number of nitrogens with two attached hydrogens (primary N) is 1. The molecule has 3 aromatic rings. The molecule has 0 fully saturated rings. The van der Waals surface area contributed by atoms with Crippen molar-refractivity contribution in [2.45, 2.75) is 10.9 Å². The number of hydrogen-bond acceptors (Lipinski definition) is 6. The molecular weight excluding hydrogens is 280 g/mol. The number of nitrogens with zero attached hydrogens (tertiary/aromatic N) is 2. The van der Waals surface area contributed by atoms with Gasteiger partial charge < -0.3 is 15.1 Å². The number of nitrogen functional groups attached to an aromatic ring is 1. The van der Waals surface area contributed by atoms with Crippen LogP contribution in [-0.2, 0) is 5.75 Å². The van der Waals surface area contributed by atoms with Gasteiger partial charge in [-0.1, -0.05) is 11.8 Å². The number of aromatic amines is 1. The Morgan fingerprint density at radius 2 is 2.25 bits per heavy atom. The lowest BCUT2D eigenvalue weighted by Crippen LogP contribution is -1.83. The third-order valence-corrected chi connectivity index (χ3v) is 3.56. The summed E-state index contributed by atoms with van der Waals surface area (Å²) in [6.07, 6.45) is 0. The van der Waals surface area contributed by atoms with E-state index in [1.54, 1.807) is 12.1 Å². The highest BCUT2D eigenvalue weighted by atomic mass is 32.2. The summed E-state index contributed by atoms with van der Waals surface area (Å²) in [6, 6.07) is 8.36. The van der Waals surface area contributed by atoms with Crippen LogP contribution in [-0.4, -0.2) is 14.9 Å². The number of imidazole rings is 1. The maximum atomic E-state index is 10.5. The fraction of sp³-hybridized carbons (Fsp3) is 0.0833. The average Bonchev–Trinajstić information content (AvgIpc) is 3.01. The SMILES string of the molecule is Nc1ccc2nc(SCc3ccc([N+](=O)[O-])o3)[nH]c2c1. The first kappa shape index (κ1) is 12.5. The van der Waals surface area contributed by atoms with E-state index < -0.39 is 4.92 Å². The number of fused-ring (bicyclic) bond motifs is 1. The number of H-pyrrole nitrogens is 1. The number of rotatable bonds is 4. The molecule has 0 spiro atoms. The zero-order chi connectivity index (χ0) is 14.1. The van der Waals surface area contributed by atoms with Gasteiger partial charge in [-0.3, -0.25) is 10.1 Å². The topological polar surface area (TPSA) is 111 Å². The molecule has 20 heavy (non-hydrogen) atoms. The Kier molecular flexibility index (Phi) is 3.07. The third-order valence-electron chi connectivity index (χ3n) is 2.66. The second-order valence-electron chi connectivity index (χ2n) is 4.10. The Bertz CT molecular complexity index is 780. The Morgan fingerprint density at radius 3 is 3.00 bits per heavy atom. The molecule has 3 rings (SSSR count). The van der Waals surface area contributed by atoms with Gasteiger partial charge in [-0.15, -0.1) is 0 Å². The molecule has 8 heteroatoms. The van der Waals surface area contributed by atoms with Crippen molar-refractivity contribution in [2.24, 2.45) is 0 Å². The smallest absolute Gasteiger partial charge is 0.405 e. The molecule has 2 heterocycles. The fourth-order valence-electron chi connectivity index (χ4n) is 1.75. The first-order valence-corrected chi connectivity index (χ1v) is 6.71. The summed E-state index contributed by atoms with van der Waals surface area (Å²) in [5.41, 5.74) is 8.05. The van der Waals surface area contributed by atoms with Gasteiger partial charge in [-0.05, 0) is 24.3 Å². The second-order valence-corrected chi connectivity index (χ2v) is 5.07. The van der Waals surface area contributed by atoms with Gasteiger partial charge in [-0.25, -0.2) is 4.98 Å². The molecule has 0 aliphatic heterocycles. The molecule has 0 amide bonds. The highest BCUT2D eigenvalue weighted by Crippen LogP contribution is 2.26. The minimum absolute atomic E-state index is 0.252. The Morgan fingerprint density at radius 1 is 1.40 bits per heavy atom. The number of benzene rings is 1. The highest BCUT2D eigenvalue weighted by Gasteiger charge is 2.12. The Labute approximate surface area is 117 Å². The average molecular weight is 290 g/mol. The summed E-state index contributed by atoms with van der Waals surface area (Å²) in [6.45, 7) is 0. The number of nitro groups is 1. The molecule has 1 aromatic carbocycles. The van der Waals surface area contributed by atoms with E-state index in [1.165, 1.54) is 17.8 Å². The summed E-state index contributed by atoms with van der Waals surface area (Å²) >= 11 is 1.41. The van der Waals surface area contributed by atoms with Gasteiger partial charge in [0, 0.05) is 5.69 Å². The quantitative estimate of drug-likeness (QED) is 0.331. The van der Waals surface area contributed by atoms with E-state index in [0.717, 1.165) is 11.0 Å². The van der Waals surface area contributed by atoms with Crippen molar-refractivity contribution in [2.75, 3.05) is 5.73 Å². The van der Waals surface area contributed by atoms with Crippen LogP contribution in [0.5, 0.6) is 0 Å². The number of hydrogen-bond donors (Lipinski definition) is 2. The lowest BCUT2D eigenvalue weighted by Gasteiger charge is -1.93. The van der Waals surface area contributed by atoms with Gasteiger partial charge in [0.1, 0.15) is 10.7 Å². The van der Waals surface area contributed by atoms with E-state index in [9.17, 15) is 10.1 Å². The van der Waals surface area contributed by atoms with Gasteiger partial charge >= 0.3 is 5.88 Å². The summed E-state index contributed by atoms with van der Waals surface area (Å²) < 4.78 is 5.08. The molecule has 3 N–H and O–H groups in total. The van der Waals surface area contributed by atoms with Crippen molar-refractivity contribution >= 4 is 34.4 Å². The maximum Gasteiger partial charge on any atom is 0.433 e. The van der Waals surface area contributed by atoms with Crippen molar-refractivity contribution in [1.29, 1.82) is 0 Å². The normalized spacial score (nSPS) is 11.0. The van der Waals surface area contributed by atoms with Crippen LogP contribution in [0.2, 0.25) is 0 Å². The summed E-state index contributed by atoms with van der Waals surface area (Å²) in [5.74, 6) is 0.739. The fourth-order valence-corrected chi connectivity index (χ4v) is 2.53. The molecule has 2 aromatic heterocycles. The van der Waals surface area contributed by atoms with Gasteiger partial charge in [0.2, 0.25) is 0 Å². The summed E-state index contributed by atoms with van der Waals surface area (Å²) in [4.78, 5) is 17.5. The molecule has 0 saturated carbocycles. The van der Waals surface area contributed by atoms with Crippen LogP contribution in [0.1, 0.15) is 5.76 Å². The van der Waals surface area contributed by atoms with Crippen molar-refractivity contribution in [1.82, 2.24) is 9.97 Å². The van der Waals surface area contributed by atoms with E-state index in [1.807, 2.05) is 12.1 Å². The predicted octanol–water partition coefficient (Wildman–Crippen LogP) is 2.94. The first-order chi connectivity index (χ1) is 9.61. The van der Waals surface area contributed by atoms with E-state index in [-0.39, 0.29) is 5.88 Å². The van der Waals surface area contributed by atoms with Crippen LogP contribution in [0.3, 0.4) is 0 Å². The van der Waals surface area contributed by atoms with Gasteiger partial charge in [0.15, 0.2) is 5.16 Å². The number of thioether (sulfide) groups is 1. The first-order valence-electron chi connectivity index (χ1n) is 5.73. The molecule has 0 aliphatic rings. The molecule has 0 saturated heterocycles. The van der Waals surface area contributed by atoms with Crippen LogP contribution in [0, 0.1) is 10.1 Å². The molecule has 0 radical (unpaired) electrons. The van der Waals surface area contributed by atoms with Crippen LogP contribution < -0.4 is 5.73 Å². The molecule has 0 atom stereocenters. The predicted molar refractivity (Wildman–Crippen MR) is 75.4 cm³/mol. The number of anilines is 1. The highest BCUT2D eigenvalue weighted by molar-refractivity contribution is 7.98. The largest absolute Gasteiger partial charge is 0.433 e. The van der Waals surface area contributed by atoms with Crippen molar-refractivity contribution < 1.29 is 9.34 Å². The monoisotopic (exact) mass is 290 g/mol. The third kappa shape index (κ3) is 2.45. The van der Waals surface area contributed by atoms with E-state index >= 15 is 0 Å². The van der Waals surface area contributed by atoms with Gasteiger partial charge in [0.05, 0.1) is 22.9 Å². The Balaban J connectivity index is 1.74. The molecule has 0 bridgehead atoms. The number of furan rings is 1. The lowest BCUT2D eigenvalue weighted by atomic mass is 10.3. The van der Waals surface area contributed by atoms with E-state index in [4.69, 9.17) is 10.2 Å².